The number of aliphatic imine (C=N–C) groups is 4. The number of hydrogen-bond donors (Lipinski definition) is 0. The van der Waals surface area contributed by atoms with E-state index in [0.717, 1.165) is 167 Å². The van der Waals surface area contributed by atoms with Crippen molar-refractivity contribution in [3.8, 4) is 0 Å². The van der Waals surface area contributed by atoms with Crippen LogP contribution in [0.2, 0.25) is 0 Å². The summed E-state index contributed by atoms with van der Waals surface area (Å²) in [5.74, 6) is 21.2. The minimum atomic E-state index is -0.332. The molecule has 7 heterocycles. The molecule has 20 nitrogen and oxygen atoms in total. The number of nitrogens with zero attached hydrogens (tertiary/aromatic N) is 12. The SMILES string of the molecule is Cc1cc([N+](=O)[O-])ccc1N=C1C2C3C4CC(CC(C4)N1CC(C)C)C23.Cc1cc([N+](=O)[O-])ccc1N=C1C2CC3CC(C2)CC(C3)N1CC(C)C.Cc1cc([N+](=O)[O-])ccc1N=C1CC2CC3CC(C2)CC(C3)N1CC(C)C.Cc1cc([N+](=O)[O-])ccc1N=C1CCC2C3CC(C4CC34)C2N1CC(C)C. The lowest BCUT2D eigenvalue weighted by atomic mass is 9.64. The third kappa shape index (κ3) is 15.0. The summed E-state index contributed by atoms with van der Waals surface area (Å²) < 4.78 is 0. The molecule has 0 spiro atoms. The maximum absolute atomic E-state index is 11.0. The van der Waals surface area contributed by atoms with Gasteiger partial charge in [0, 0.05) is 124 Å². The predicted molar refractivity (Wildman–Crippen MR) is 420 cm³/mol. The van der Waals surface area contributed by atoms with E-state index in [1.807, 2.05) is 52.0 Å². The number of benzene rings is 4. The average Bonchev–Trinajstić information content (AvgIpc) is 1.52. The fraction of sp³-hybridized carbons (Fsp3) is 0.674. The Hall–Kier alpha value is -7.64. The smallest absolute Gasteiger partial charge is 0.269 e. The van der Waals surface area contributed by atoms with Crippen LogP contribution in [0.5, 0.6) is 0 Å². The summed E-state index contributed by atoms with van der Waals surface area (Å²) in [6.07, 6.45) is 23.8. The predicted octanol–water partition coefficient (Wildman–Crippen LogP) is 20.1. The van der Waals surface area contributed by atoms with Gasteiger partial charge in [-0.3, -0.25) is 40.5 Å². The van der Waals surface area contributed by atoms with Gasteiger partial charge in [0.2, 0.25) is 0 Å². The highest BCUT2D eigenvalue weighted by Crippen LogP contribution is 2.72. The van der Waals surface area contributed by atoms with Crippen LogP contribution in [0.4, 0.5) is 45.5 Å². The van der Waals surface area contributed by atoms with Gasteiger partial charge in [0.25, 0.3) is 22.7 Å². The summed E-state index contributed by atoms with van der Waals surface area (Å²) >= 11 is 0. The summed E-state index contributed by atoms with van der Waals surface area (Å²) in [6.45, 7) is 30.3. The largest absolute Gasteiger partial charge is 0.357 e. The van der Waals surface area contributed by atoms with Crippen molar-refractivity contribution in [2.75, 3.05) is 26.2 Å². The lowest BCUT2D eigenvalue weighted by Crippen LogP contribution is -2.53. The highest BCUT2D eigenvalue weighted by Gasteiger charge is 2.70. The number of nitro groups is 4. The minimum absolute atomic E-state index is 0.144. The highest BCUT2D eigenvalue weighted by molar-refractivity contribution is 5.92. The number of non-ortho nitro benzene ring substituents is 4. The Labute approximate surface area is 627 Å². The van der Waals surface area contributed by atoms with Crippen LogP contribution in [-0.2, 0) is 0 Å². The van der Waals surface area contributed by atoms with Crippen LogP contribution in [0.3, 0.4) is 0 Å². The normalized spacial score (nSPS) is 34.7. The molecule has 4 aromatic carbocycles. The first-order valence-corrected chi connectivity index (χ1v) is 41.1. The van der Waals surface area contributed by atoms with Gasteiger partial charge in [0.15, 0.2) is 0 Å². The van der Waals surface area contributed by atoms with Crippen molar-refractivity contribution >= 4 is 68.8 Å². The van der Waals surface area contributed by atoms with E-state index < -0.39 is 0 Å². The van der Waals surface area contributed by atoms with E-state index in [0.29, 0.717) is 59.7 Å². The van der Waals surface area contributed by atoms with Crippen LogP contribution >= 0.6 is 0 Å². The molecule has 17 fully saturated rings. The van der Waals surface area contributed by atoms with Crippen LogP contribution in [-0.4, -0.2) is 113 Å². The van der Waals surface area contributed by atoms with Gasteiger partial charge in [-0.05, 0) is 283 Å². The van der Waals surface area contributed by atoms with E-state index in [9.17, 15) is 40.5 Å². The standard InChI is InChI=1S/C22H29N3O2.C22H31N3O2.C21H27N3O2.C21H29N3O2/c1-12(2)11-24-21(23-20-6-4-14(25(26)27)8-13(20)3)7-5-15-16-10-19(22(15)24)18-9-17(16)18;1-14(2)13-24-20-10-16-7-17(11-20)9-18(8-16)12-22(24)23-21-5-4-19(25(26)27)6-15(21)3;1-11(2)10-23-16-8-13-7-14(9-16)19-18(13)20(19)21(23)22-17-5-4-15(24(25)26)6-12(17)3;1-13(2)12-23-19-10-15-7-16(11-19)9-17(8-15)21(23)22-20-5-4-18(24(25)26)6-14(20)3/h4,6,8,12,15-19,22H,5,7,9-11H2,1-3H3;4-6,14,16-18,20H,7-13H2,1-3H3;4-6,11,13-14,16,18-20H,7-10H2,1-3H3;4-6,13,15-17,19H,7-12H2,1-3H3. The number of aryl methyl sites for hydroxylation is 4. The van der Waals surface area contributed by atoms with Crippen LogP contribution in [0.25, 0.3) is 0 Å². The average molecular weight is 1450 g/mol. The number of piperidine rings is 1. The third-order valence-corrected chi connectivity index (χ3v) is 27.8. The van der Waals surface area contributed by atoms with E-state index in [4.69, 9.17) is 20.0 Å². The van der Waals surface area contributed by atoms with E-state index in [1.165, 1.54) is 126 Å². The molecule has 10 saturated carbocycles. The van der Waals surface area contributed by atoms with Crippen LogP contribution in [0.1, 0.15) is 193 Å². The zero-order chi connectivity index (χ0) is 74.6. The number of likely N-dealkylation sites (tertiary alicyclic amines) is 1. The Bertz CT molecular complexity index is 4030. The second-order valence-electron chi connectivity index (χ2n) is 37.4. The highest BCUT2D eigenvalue weighted by atomic mass is 16.6. The molecule has 14 bridgehead atoms. The van der Waals surface area contributed by atoms with Crippen LogP contribution in [0.15, 0.2) is 92.8 Å². The lowest BCUT2D eigenvalue weighted by molar-refractivity contribution is -0.385. The number of rotatable bonds is 16. The summed E-state index contributed by atoms with van der Waals surface area (Å²) in [4.78, 5) is 73.7. The number of fused-ring (bicyclic) bond motifs is 12. The third-order valence-electron chi connectivity index (χ3n) is 27.8. The molecule has 10 aliphatic carbocycles. The van der Waals surface area contributed by atoms with E-state index in [-0.39, 0.29) is 42.4 Å². The van der Waals surface area contributed by atoms with Gasteiger partial charge < -0.3 is 19.6 Å². The van der Waals surface area contributed by atoms with Crippen molar-refractivity contribution in [1.82, 2.24) is 19.6 Å². The Kier molecular flexibility index (Phi) is 20.7. The molecule has 14 atom stereocenters. The molecule has 4 aromatic rings. The van der Waals surface area contributed by atoms with Gasteiger partial charge >= 0.3 is 0 Å². The van der Waals surface area contributed by atoms with Crippen molar-refractivity contribution in [3.05, 3.63) is 136 Å². The second-order valence-corrected chi connectivity index (χ2v) is 37.4. The minimum Gasteiger partial charge on any atom is -0.357 e. The van der Waals surface area contributed by atoms with E-state index in [2.05, 4.69) is 75.0 Å². The maximum Gasteiger partial charge on any atom is 0.269 e. The zero-order valence-electron chi connectivity index (χ0n) is 65.0. The molecule has 0 aromatic heterocycles. The molecule has 568 valence electrons. The molecule has 106 heavy (non-hydrogen) atoms. The molecule has 7 aliphatic heterocycles. The molecule has 20 heteroatoms. The summed E-state index contributed by atoms with van der Waals surface area (Å²) in [6, 6.07) is 22.8. The quantitative estimate of drug-likeness (QED) is 0.0752. The summed E-state index contributed by atoms with van der Waals surface area (Å²) in [5.41, 5.74) is 7.70. The molecule has 14 unspecified atom stereocenters. The fourth-order valence-electron chi connectivity index (χ4n) is 24.1. The molecule has 7 saturated heterocycles. The van der Waals surface area contributed by atoms with Gasteiger partial charge in [0.1, 0.15) is 23.3 Å². The maximum atomic E-state index is 11.0. The molecular weight excluding hydrogens is 1330 g/mol. The van der Waals surface area contributed by atoms with Crippen LogP contribution in [0, 0.1) is 187 Å². The number of nitro benzene ring substituents is 4. The van der Waals surface area contributed by atoms with Crippen molar-refractivity contribution in [2.24, 2.45) is 138 Å². The molecule has 17 aliphatic rings. The van der Waals surface area contributed by atoms with Gasteiger partial charge in [-0.1, -0.05) is 55.4 Å². The Morgan fingerprint density at radius 1 is 0.377 bits per heavy atom. The molecule has 0 amide bonds. The lowest BCUT2D eigenvalue weighted by Gasteiger charge is -2.50. The monoisotopic (exact) mass is 1440 g/mol. The summed E-state index contributed by atoms with van der Waals surface area (Å²) in [7, 11) is 0. The first kappa shape index (κ1) is 73.9. The van der Waals surface area contributed by atoms with Gasteiger partial charge in [-0.25, -0.2) is 20.0 Å². The molecule has 0 N–H and O–H groups in total. The first-order valence-electron chi connectivity index (χ1n) is 41.1. The Morgan fingerprint density at radius 3 is 1.19 bits per heavy atom. The molecule has 21 rings (SSSR count). The number of hydrogen-bond acceptors (Lipinski definition) is 12. The van der Waals surface area contributed by atoms with Gasteiger partial charge in [-0.2, -0.15) is 0 Å². The van der Waals surface area contributed by atoms with E-state index in [1.54, 1.807) is 48.5 Å². The topological polar surface area (TPSA) is 235 Å². The molecular formula is C86H116N12O8. The van der Waals surface area contributed by atoms with Crippen molar-refractivity contribution in [2.45, 2.75) is 223 Å². The van der Waals surface area contributed by atoms with Crippen molar-refractivity contribution in [3.63, 3.8) is 0 Å². The van der Waals surface area contributed by atoms with Crippen LogP contribution < -0.4 is 0 Å². The van der Waals surface area contributed by atoms with E-state index >= 15 is 0 Å². The van der Waals surface area contributed by atoms with Gasteiger partial charge in [0.05, 0.1) is 42.4 Å². The van der Waals surface area contributed by atoms with Gasteiger partial charge in [-0.15, -0.1) is 0 Å². The molecule has 0 radical (unpaired) electrons. The number of amidine groups is 4. The second kappa shape index (κ2) is 29.7. The fourth-order valence-corrected chi connectivity index (χ4v) is 24.1. The van der Waals surface area contributed by atoms with Crippen molar-refractivity contribution in [1.29, 1.82) is 0 Å². The van der Waals surface area contributed by atoms with Crippen molar-refractivity contribution < 1.29 is 19.7 Å². The Morgan fingerprint density at radius 2 is 0.736 bits per heavy atom. The zero-order valence-corrected chi connectivity index (χ0v) is 65.0. The Balaban J connectivity index is 0.000000113. The first-order chi connectivity index (χ1) is 50.7. The summed E-state index contributed by atoms with van der Waals surface area (Å²) in [5, 5.41) is 44.1.